The number of nitrogens with zero attached hydrogens (tertiary/aromatic N) is 2. The van der Waals surface area contributed by atoms with Gasteiger partial charge in [-0.25, -0.2) is 4.79 Å². The van der Waals surface area contributed by atoms with Crippen LogP contribution in [0.15, 0.2) is 71.4 Å². The summed E-state index contributed by atoms with van der Waals surface area (Å²) in [6, 6.07) is 16.5. The lowest BCUT2D eigenvalue weighted by atomic mass is 9.93. The average molecular weight is 599 g/mol. The van der Waals surface area contributed by atoms with Crippen LogP contribution in [0.5, 0.6) is 11.5 Å². The van der Waals surface area contributed by atoms with E-state index in [0.29, 0.717) is 34.8 Å². The Bertz CT molecular complexity index is 1640. The fourth-order valence-corrected chi connectivity index (χ4v) is 5.81. The van der Waals surface area contributed by atoms with Crippen LogP contribution in [0, 0.1) is 0 Å². The summed E-state index contributed by atoms with van der Waals surface area (Å²) in [5, 5.41) is 4.13. The first-order valence-corrected chi connectivity index (χ1v) is 13.8. The minimum absolute atomic E-state index is 0.0402. The summed E-state index contributed by atoms with van der Waals surface area (Å²) in [5.74, 6) is 0.105. The van der Waals surface area contributed by atoms with Crippen LogP contribution in [0.1, 0.15) is 76.5 Å². The van der Waals surface area contributed by atoms with Gasteiger partial charge in [0.1, 0.15) is 23.0 Å². The smallest absolute Gasteiger partial charge is 0.470 e. The zero-order chi connectivity index (χ0) is 29.6. The van der Waals surface area contributed by atoms with E-state index in [9.17, 15) is 18.0 Å². The zero-order valence-electron chi connectivity index (χ0n) is 22.7. The Morgan fingerprint density at radius 1 is 1.07 bits per heavy atom. The number of alkyl halides is 4. The van der Waals surface area contributed by atoms with Crippen molar-refractivity contribution < 1.29 is 36.7 Å². The largest absolute Gasteiger partial charge is 0.573 e. The van der Waals surface area contributed by atoms with Gasteiger partial charge >= 0.3 is 12.3 Å². The number of pyridine rings is 1. The molecule has 2 aliphatic carbocycles. The standard InChI is InChI=1S/C31H26ClF3N2O5/c1-30(27-20(29(38)39-2)10-7-15-36-27)16-21(30)18-8-3-5-11-22(18)40-28(32)24-25(37-42-26(24)17-13-14-17)19-9-4-6-12-23(19)41-31(33,34)35/h3-12,15,17,21,28H,13-14,16H2,1-2H3. The molecule has 2 heterocycles. The van der Waals surface area contributed by atoms with Crippen molar-refractivity contribution in [3.63, 3.8) is 0 Å². The van der Waals surface area contributed by atoms with Crippen LogP contribution in [0.3, 0.4) is 0 Å². The van der Waals surface area contributed by atoms with Crippen molar-refractivity contribution in [1.82, 2.24) is 10.1 Å². The molecular weight excluding hydrogens is 573 g/mol. The fourth-order valence-electron chi connectivity index (χ4n) is 5.50. The molecule has 0 aliphatic heterocycles. The molecule has 218 valence electrons. The molecule has 0 bridgehead atoms. The van der Waals surface area contributed by atoms with E-state index in [4.69, 9.17) is 25.6 Å². The van der Waals surface area contributed by atoms with Gasteiger partial charge in [0.15, 0.2) is 0 Å². The first-order chi connectivity index (χ1) is 20.1. The summed E-state index contributed by atoms with van der Waals surface area (Å²) in [7, 11) is 1.33. The van der Waals surface area contributed by atoms with E-state index in [1.54, 1.807) is 30.5 Å². The summed E-state index contributed by atoms with van der Waals surface area (Å²) in [5.41, 5.74) is 0.889. The van der Waals surface area contributed by atoms with E-state index in [1.807, 2.05) is 25.1 Å². The first kappa shape index (κ1) is 28.1. The van der Waals surface area contributed by atoms with Crippen molar-refractivity contribution in [3.8, 4) is 22.8 Å². The number of para-hydroxylation sites is 2. The van der Waals surface area contributed by atoms with Crippen molar-refractivity contribution in [3.05, 3.63) is 95.0 Å². The third-order valence-corrected chi connectivity index (χ3v) is 8.12. The van der Waals surface area contributed by atoms with Crippen molar-refractivity contribution in [2.45, 2.75) is 55.4 Å². The van der Waals surface area contributed by atoms with Crippen LogP contribution >= 0.6 is 11.6 Å². The Morgan fingerprint density at radius 3 is 2.50 bits per heavy atom. The van der Waals surface area contributed by atoms with Gasteiger partial charge in [-0.2, -0.15) is 0 Å². The summed E-state index contributed by atoms with van der Waals surface area (Å²) >= 11 is 6.91. The summed E-state index contributed by atoms with van der Waals surface area (Å²) < 4.78 is 60.8. The molecule has 3 atom stereocenters. The van der Waals surface area contributed by atoms with E-state index in [0.717, 1.165) is 18.4 Å². The van der Waals surface area contributed by atoms with Gasteiger partial charge in [-0.3, -0.25) is 4.98 Å². The fraction of sp³-hybridized carbons (Fsp3) is 0.323. The number of rotatable bonds is 9. The molecule has 2 fully saturated rings. The van der Waals surface area contributed by atoms with Crippen molar-refractivity contribution >= 4 is 17.6 Å². The van der Waals surface area contributed by atoms with Crippen LogP contribution in [0.25, 0.3) is 11.3 Å². The van der Waals surface area contributed by atoms with Gasteiger partial charge in [-0.1, -0.05) is 54.0 Å². The molecule has 4 aromatic rings. The van der Waals surface area contributed by atoms with Gasteiger partial charge in [0.25, 0.3) is 0 Å². The molecule has 0 radical (unpaired) electrons. The number of hydrogen-bond acceptors (Lipinski definition) is 7. The van der Waals surface area contributed by atoms with E-state index in [2.05, 4.69) is 14.9 Å². The van der Waals surface area contributed by atoms with E-state index in [1.165, 1.54) is 25.3 Å². The maximum Gasteiger partial charge on any atom is 0.573 e. The Morgan fingerprint density at radius 2 is 1.79 bits per heavy atom. The molecule has 6 rings (SSSR count). The van der Waals surface area contributed by atoms with Gasteiger partial charge < -0.3 is 18.7 Å². The highest BCUT2D eigenvalue weighted by atomic mass is 35.5. The van der Waals surface area contributed by atoms with Crippen LogP contribution in [-0.2, 0) is 10.2 Å². The molecule has 2 aliphatic rings. The third kappa shape index (κ3) is 5.31. The Balaban J connectivity index is 1.34. The number of ether oxygens (including phenoxy) is 3. The molecule has 11 heteroatoms. The van der Waals surface area contributed by atoms with Crippen LogP contribution in [0.2, 0.25) is 0 Å². The van der Waals surface area contributed by atoms with E-state index < -0.39 is 29.1 Å². The molecule has 7 nitrogen and oxygen atoms in total. The maximum atomic E-state index is 13.2. The molecule has 42 heavy (non-hydrogen) atoms. The highest BCUT2D eigenvalue weighted by molar-refractivity contribution is 6.20. The van der Waals surface area contributed by atoms with Gasteiger partial charge in [-0.15, -0.1) is 13.2 Å². The molecule has 0 spiro atoms. The monoisotopic (exact) mass is 598 g/mol. The summed E-state index contributed by atoms with van der Waals surface area (Å²) in [6.07, 6.45) is -0.860. The topological polar surface area (TPSA) is 83.7 Å². The molecular formula is C31H26ClF3N2O5. The minimum atomic E-state index is -4.90. The number of aromatic nitrogens is 2. The highest BCUT2D eigenvalue weighted by Gasteiger charge is 2.55. The van der Waals surface area contributed by atoms with Gasteiger partial charge in [0, 0.05) is 23.1 Å². The number of hydrogen-bond donors (Lipinski definition) is 0. The normalized spacial score (nSPS) is 20.6. The zero-order valence-corrected chi connectivity index (χ0v) is 23.4. The lowest BCUT2D eigenvalue weighted by molar-refractivity contribution is -0.274. The Kier molecular flexibility index (Phi) is 7.12. The Hall–Kier alpha value is -4.05. The number of methoxy groups -OCH3 is 1. The minimum Gasteiger partial charge on any atom is -0.470 e. The lowest BCUT2D eigenvalue weighted by Gasteiger charge is -2.19. The first-order valence-electron chi connectivity index (χ1n) is 13.4. The van der Waals surface area contributed by atoms with Crippen LogP contribution in [-0.4, -0.2) is 29.6 Å². The van der Waals surface area contributed by atoms with Crippen LogP contribution in [0.4, 0.5) is 13.2 Å². The maximum absolute atomic E-state index is 13.2. The summed E-state index contributed by atoms with van der Waals surface area (Å²) in [4.78, 5) is 17.0. The predicted octanol–water partition coefficient (Wildman–Crippen LogP) is 8.06. The molecule has 2 aromatic carbocycles. The van der Waals surface area contributed by atoms with E-state index >= 15 is 0 Å². The SMILES string of the molecule is COC(=O)c1cccnc1C1(C)CC1c1ccccc1OC(Cl)c1c(-c2ccccc2OC(F)(F)F)noc1C1CC1. The average Bonchev–Trinajstić information content (AvgIpc) is 3.89. The molecule has 2 aromatic heterocycles. The number of carbonyl (C=O) groups is 1. The van der Waals surface area contributed by atoms with E-state index in [-0.39, 0.29) is 23.1 Å². The molecule has 0 amide bonds. The molecule has 0 N–H and O–H groups in total. The van der Waals surface area contributed by atoms with Crippen molar-refractivity contribution in [2.75, 3.05) is 7.11 Å². The quantitative estimate of drug-likeness (QED) is 0.142. The second-order valence-corrected chi connectivity index (χ2v) is 11.1. The second-order valence-electron chi connectivity index (χ2n) is 10.7. The highest BCUT2D eigenvalue weighted by Crippen LogP contribution is 2.62. The Labute approximate surface area is 244 Å². The summed E-state index contributed by atoms with van der Waals surface area (Å²) in [6.45, 7) is 2.03. The molecule has 2 saturated carbocycles. The van der Waals surface area contributed by atoms with Gasteiger partial charge in [-0.05, 0) is 61.1 Å². The number of esters is 1. The van der Waals surface area contributed by atoms with Gasteiger partial charge in [0.05, 0.1) is 23.9 Å². The molecule has 0 saturated heterocycles. The van der Waals surface area contributed by atoms with Crippen molar-refractivity contribution in [2.24, 2.45) is 0 Å². The molecule has 3 unspecified atom stereocenters. The number of carbonyl (C=O) groups excluding carboxylic acids is 1. The van der Waals surface area contributed by atoms with Crippen molar-refractivity contribution in [1.29, 1.82) is 0 Å². The third-order valence-electron chi connectivity index (χ3n) is 7.81. The number of benzene rings is 2. The predicted molar refractivity (Wildman–Crippen MR) is 147 cm³/mol. The lowest BCUT2D eigenvalue weighted by Crippen LogP contribution is -2.17. The number of halogens is 4. The van der Waals surface area contributed by atoms with Gasteiger partial charge in [0.2, 0.25) is 5.56 Å². The second kappa shape index (κ2) is 10.7. The van der Waals surface area contributed by atoms with Crippen LogP contribution < -0.4 is 9.47 Å².